The van der Waals surface area contributed by atoms with E-state index in [9.17, 15) is 0 Å². The maximum atomic E-state index is 5.20. The van der Waals surface area contributed by atoms with Gasteiger partial charge in [-0.05, 0) is 57.1 Å². The molecule has 1 aliphatic heterocycles. The van der Waals surface area contributed by atoms with Crippen LogP contribution in [0.5, 0.6) is 5.75 Å². The molecule has 0 unspecified atom stereocenters. The van der Waals surface area contributed by atoms with Crippen LogP contribution in [0.3, 0.4) is 0 Å². The van der Waals surface area contributed by atoms with Crippen LogP contribution in [-0.2, 0) is 6.54 Å². The van der Waals surface area contributed by atoms with Crippen molar-refractivity contribution in [2.75, 3.05) is 20.2 Å². The second-order valence-electron chi connectivity index (χ2n) is 5.72. The van der Waals surface area contributed by atoms with Gasteiger partial charge in [0.25, 0.3) is 0 Å². The lowest BCUT2D eigenvalue weighted by molar-refractivity contribution is 0.218. The molecule has 112 valence electrons. The van der Waals surface area contributed by atoms with Gasteiger partial charge in [-0.15, -0.1) is 0 Å². The first-order valence-corrected chi connectivity index (χ1v) is 7.68. The number of likely N-dealkylation sites (tertiary alicyclic amines) is 1. The van der Waals surface area contributed by atoms with E-state index in [0.717, 1.165) is 23.7 Å². The van der Waals surface area contributed by atoms with Crippen molar-refractivity contribution >= 4 is 0 Å². The molecule has 2 aromatic rings. The van der Waals surface area contributed by atoms with Gasteiger partial charge in [0.1, 0.15) is 11.6 Å². The molecule has 0 radical (unpaired) electrons. The highest BCUT2D eigenvalue weighted by Gasteiger charge is 2.15. The van der Waals surface area contributed by atoms with Gasteiger partial charge in [0.15, 0.2) is 0 Å². The Labute approximate surface area is 126 Å². The average Bonchev–Trinajstić information content (AvgIpc) is 2.89. The van der Waals surface area contributed by atoms with E-state index in [0.29, 0.717) is 0 Å². The van der Waals surface area contributed by atoms with E-state index < -0.39 is 0 Å². The number of rotatable bonds is 4. The Morgan fingerprint density at radius 1 is 1.14 bits per heavy atom. The maximum absolute atomic E-state index is 5.20. The number of methoxy groups -OCH3 is 1. The van der Waals surface area contributed by atoms with Gasteiger partial charge in [-0.1, -0.05) is 6.42 Å². The number of benzene rings is 1. The summed E-state index contributed by atoms with van der Waals surface area (Å²) in [5, 5.41) is 0. The lowest BCUT2D eigenvalue weighted by Crippen LogP contribution is -2.29. The highest BCUT2D eigenvalue weighted by atomic mass is 16.5. The second kappa shape index (κ2) is 6.31. The maximum Gasteiger partial charge on any atom is 0.137 e. The number of piperidine rings is 1. The quantitative estimate of drug-likeness (QED) is 0.936. The van der Waals surface area contributed by atoms with Gasteiger partial charge < -0.3 is 9.72 Å². The van der Waals surface area contributed by atoms with Crippen LogP contribution in [0.25, 0.3) is 11.4 Å². The third-order valence-electron chi connectivity index (χ3n) is 4.17. The molecular formula is C17H23N3O. The van der Waals surface area contributed by atoms with Gasteiger partial charge in [-0.25, -0.2) is 4.98 Å². The zero-order chi connectivity index (χ0) is 14.7. The predicted molar refractivity (Wildman–Crippen MR) is 84.4 cm³/mol. The molecule has 0 amide bonds. The molecule has 1 aromatic carbocycles. The van der Waals surface area contributed by atoms with E-state index in [1.807, 2.05) is 24.3 Å². The molecule has 1 N–H and O–H groups in total. The number of nitrogens with zero attached hydrogens (tertiary/aromatic N) is 2. The first kappa shape index (κ1) is 14.1. The van der Waals surface area contributed by atoms with Gasteiger partial charge in [-0.2, -0.15) is 0 Å². The summed E-state index contributed by atoms with van der Waals surface area (Å²) in [4.78, 5) is 10.7. The molecule has 0 aliphatic carbocycles. The van der Waals surface area contributed by atoms with Crippen molar-refractivity contribution in [2.24, 2.45) is 0 Å². The van der Waals surface area contributed by atoms with Crippen LogP contribution in [0.2, 0.25) is 0 Å². The normalized spacial score (nSPS) is 16.1. The third kappa shape index (κ3) is 3.27. The standard InChI is InChI=1S/C17H23N3O/c1-13-16(12-20-10-4-3-5-11-20)19-17(18-13)14-6-8-15(21-2)9-7-14/h6-9H,3-5,10-12H2,1-2H3,(H,18,19). The van der Waals surface area contributed by atoms with Crippen LogP contribution in [0.15, 0.2) is 24.3 Å². The minimum Gasteiger partial charge on any atom is -0.497 e. The lowest BCUT2D eigenvalue weighted by atomic mass is 10.1. The van der Waals surface area contributed by atoms with Crippen LogP contribution < -0.4 is 4.74 Å². The fourth-order valence-electron chi connectivity index (χ4n) is 2.87. The Morgan fingerprint density at radius 2 is 1.86 bits per heavy atom. The van der Waals surface area contributed by atoms with Crippen LogP contribution in [-0.4, -0.2) is 35.1 Å². The van der Waals surface area contributed by atoms with Crippen molar-refractivity contribution in [1.82, 2.24) is 14.9 Å². The van der Waals surface area contributed by atoms with E-state index in [1.165, 1.54) is 43.7 Å². The summed E-state index contributed by atoms with van der Waals surface area (Å²) in [6, 6.07) is 8.03. The molecule has 1 aliphatic rings. The summed E-state index contributed by atoms with van der Waals surface area (Å²) in [6.07, 6.45) is 4.00. The Morgan fingerprint density at radius 3 is 2.52 bits per heavy atom. The summed E-state index contributed by atoms with van der Waals surface area (Å²) in [7, 11) is 1.68. The van der Waals surface area contributed by atoms with E-state index >= 15 is 0 Å². The fourth-order valence-corrected chi connectivity index (χ4v) is 2.87. The number of imidazole rings is 1. The van der Waals surface area contributed by atoms with Crippen LogP contribution in [0.4, 0.5) is 0 Å². The number of hydrogen-bond acceptors (Lipinski definition) is 3. The molecule has 0 spiro atoms. The minimum absolute atomic E-state index is 0.871. The average molecular weight is 285 g/mol. The molecule has 4 nitrogen and oxygen atoms in total. The van der Waals surface area contributed by atoms with Crippen molar-refractivity contribution in [3.05, 3.63) is 35.7 Å². The Balaban J connectivity index is 1.76. The third-order valence-corrected chi connectivity index (χ3v) is 4.17. The Hall–Kier alpha value is -1.81. The highest BCUT2D eigenvalue weighted by Crippen LogP contribution is 2.22. The molecule has 1 fully saturated rings. The predicted octanol–water partition coefficient (Wildman–Crippen LogP) is 3.38. The molecule has 0 saturated carbocycles. The summed E-state index contributed by atoms with van der Waals surface area (Å²) < 4.78 is 5.20. The molecule has 3 rings (SSSR count). The monoisotopic (exact) mass is 285 g/mol. The molecule has 0 bridgehead atoms. The van der Waals surface area contributed by atoms with E-state index in [4.69, 9.17) is 9.72 Å². The highest BCUT2D eigenvalue weighted by molar-refractivity contribution is 5.57. The van der Waals surface area contributed by atoms with Crippen molar-refractivity contribution in [2.45, 2.75) is 32.7 Å². The summed E-state index contributed by atoms with van der Waals surface area (Å²) in [5.74, 6) is 1.82. The molecule has 21 heavy (non-hydrogen) atoms. The molecule has 1 saturated heterocycles. The van der Waals surface area contributed by atoms with Crippen molar-refractivity contribution in [3.8, 4) is 17.1 Å². The first-order valence-electron chi connectivity index (χ1n) is 7.68. The molecule has 1 aromatic heterocycles. The number of aromatic amines is 1. The smallest absolute Gasteiger partial charge is 0.137 e. The number of hydrogen-bond donors (Lipinski definition) is 1. The summed E-state index contributed by atoms with van der Waals surface area (Å²) >= 11 is 0. The van der Waals surface area contributed by atoms with Crippen molar-refractivity contribution in [1.29, 1.82) is 0 Å². The van der Waals surface area contributed by atoms with Gasteiger partial charge in [-0.3, -0.25) is 4.90 Å². The number of nitrogens with one attached hydrogen (secondary N) is 1. The summed E-state index contributed by atoms with van der Waals surface area (Å²) in [5.41, 5.74) is 3.44. The Bertz CT molecular complexity index is 583. The van der Waals surface area contributed by atoms with Gasteiger partial charge in [0.2, 0.25) is 0 Å². The SMILES string of the molecule is COc1ccc(-c2nc(CN3CCCCC3)c(C)[nH]2)cc1. The number of H-pyrrole nitrogens is 1. The topological polar surface area (TPSA) is 41.1 Å². The zero-order valence-electron chi connectivity index (χ0n) is 12.9. The van der Waals surface area contributed by atoms with Crippen molar-refractivity contribution in [3.63, 3.8) is 0 Å². The van der Waals surface area contributed by atoms with Gasteiger partial charge in [0.05, 0.1) is 12.8 Å². The first-order chi connectivity index (χ1) is 10.3. The molecular weight excluding hydrogens is 262 g/mol. The minimum atomic E-state index is 0.871. The lowest BCUT2D eigenvalue weighted by Gasteiger charge is -2.25. The zero-order valence-corrected chi connectivity index (χ0v) is 12.9. The van der Waals surface area contributed by atoms with E-state index in [2.05, 4.69) is 16.8 Å². The fraction of sp³-hybridized carbons (Fsp3) is 0.471. The second-order valence-corrected chi connectivity index (χ2v) is 5.72. The van der Waals surface area contributed by atoms with Gasteiger partial charge >= 0.3 is 0 Å². The van der Waals surface area contributed by atoms with Crippen LogP contribution in [0.1, 0.15) is 30.7 Å². The van der Waals surface area contributed by atoms with Crippen LogP contribution in [0, 0.1) is 6.92 Å². The summed E-state index contributed by atoms with van der Waals surface area (Å²) in [6.45, 7) is 5.46. The van der Waals surface area contributed by atoms with E-state index in [-0.39, 0.29) is 0 Å². The van der Waals surface area contributed by atoms with Crippen LogP contribution >= 0.6 is 0 Å². The number of aromatic nitrogens is 2. The largest absolute Gasteiger partial charge is 0.497 e. The van der Waals surface area contributed by atoms with Gasteiger partial charge in [0, 0.05) is 17.8 Å². The van der Waals surface area contributed by atoms with E-state index in [1.54, 1.807) is 7.11 Å². The number of ether oxygens (including phenoxy) is 1. The Kier molecular flexibility index (Phi) is 4.25. The molecule has 2 heterocycles. The van der Waals surface area contributed by atoms with Crippen molar-refractivity contribution < 1.29 is 4.74 Å². The molecule has 4 heteroatoms. The number of aryl methyl sites for hydroxylation is 1. The molecule has 0 atom stereocenters.